The summed E-state index contributed by atoms with van der Waals surface area (Å²) in [6, 6.07) is 22.6. The molecule has 0 radical (unpaired) electrons. The molecule has 0 aliphatic heterocycles. The Kier molecular flexibility index (Phi) is 3.79. The molecule has 0 fully saturated rings. The van der Waals surface area contributed by atoms with E-state index in [0.29, 0.717) is 0 Å². The van der Waals surface area contributed by atoms with Gasteiger partial charge in [0, 0.05) is 19.7 Å². The Morgan fingerprint density at radius 3 is 2.26 bits per heavy atom. The van der Waals surface area contributed by atoms with Gasteiger partial charge in [-0.3, -0.25) is 0 Å². The second kappa shape index (κ2) is 5.95. The quantitative estimate of drug-likeness (QED) is 0.362. The van der Waals surface area contributed by atoms with Crippen LogP contribution in [0, 0.1) is 0 Å². The first kappa shape index (κ1) is 14.7. The van der Waals surface area contributed by atoms with E-state index in [1.807, 2.05) is 36.4 Å². The van der Waals surface area contributed by atoms with Crippen LogP contribution in [-0.4, -0.2) is 4.98 Å². The number of benzene rings is 3. The molecule has 4 heteroatoms. The van der Waals surface area contributed by atoms with Crippen molar-refractivity contribution >= 4 is 65.0 Å². The second-order valence-electron chi connectivity index (χ2n) is 5.27. The van der Waals surface area contributed by atoms with Gasteiger partial charge < -0.3 is 5.32 Å². The van der Waals surface area contributed by atoms with Crippen molar-refractivity contribution in [3.8, 4) is 0 Å². The largest absolute Gasteiger partial charge is 0.339 e. The number of pyridine rings is 1. The Labute approximate surface area is 150 Å². The van der Waals surface area contributed by atoms with Crippen LogP contribution in [0.25, 0.3) is 21.7 Å². The number of nitrogens with one attached hydrogen (secondary N) is 1. The molecule has 0 unspecified atom stereocenters. The summed E-state index contributed by atoms with van der Waals surface area (Å²) < 4.78 is 2.02. The highest BCUT2D eigenvalue weighted by Gasteiger charge is 2.09. The molecule has 4 rings (SSSR count). The van der Waals surface area contributed by atoms with Crippen molar-refractivity contribution in [3.05, 3.63) is 75.7 Å². The summed E-state index contributed by atoms with van der Waals surface area (Å²) in [5, 5.41) is 6.94. The standard InChI is InChI=1S/C19H12Br2N2/c20-12-9-10-16(21)18(11-12)23-19-15-7-2-1-5-13(15)14-6-3-4-8-17(14)22-19/h1-11H,(H,22,23). The lowest BCUT2D eigenvalue weighted by atomic mass is 10.1. The number of halogens is 2. The lowest BCUT2D eigenvalue weighted by molar-refractivity contribution is 1.39. The number of hydrogen-bond donors (Lipinski definition) is 1. The fraction of sp³-hybridized carbons (Fsp3) is 0. The minimum Gasteiger partial charge on any atom is -0.339 e. The molecule has 0 amide bonds. The molecule has 0 aliphatic rings. The summed E-state index contributed by atoms with van der Waals surface area (Å²) in [6.07, 6.45) is 0. The van der Waals surface area contributed by atoms with Crippen molar-refractivity contribution in [2.75, 3.05) is 5.32 Å². The summed E-state index contributed by atoms with van der Waals surface area (Å²) >= 11 is 7.11. The molecule has 4 aromatic rings. The molecule has 1 N–H and O–H groups in total. The van der Waals surface area contributed by atoms with Gasteiger partial charge in [0.25, 0.3) is 0 Å². The molecule has 1 heterocycles. The average molecular weight is 428 g/mol. The van der Waals surface area contributed by atoms with Crippen LogP contribution >= 0.6 is 31.9 Å². The van der Waals surface area contributed by atoms with Gasteiger partial charge in [0.1, 0.15) is 5.82 Å². The van der Waals surface area contributed by atoms with E-state index in [4.69, 9.17) is 4.98 Å². The van der Waals surface area contributed by atoms with Gasteiger partial charge in [-0.15, -0.1) is 0 Å². The van der Waals surface area contributed by atoms with Crippen molar-refractivity contribution in [2.24, 2.45) is 0 Å². The van der Waals surface area contributed by atoms with Gasteiger partial charge in [0.2, 0.25) is 0 Å². The zero-order valence-electron chi connectivity index (χ0n) is 12.1. The third-order valence-electron chi connectivity index (χ3n) is 3.79. The van der Waals surface area contributed by atoms with Crippen molar-refractivity contribution in [1.82, 2.24) is 4.98 Å². The smallest absolute Gasteiger partial charge is 0.139 e. The zero-order valence-corrected chi connectivity index (χ0v) is 15.2. The van der Waals surface area contributed by atoms with E-state index < -0.39 is 0 Å². The van der Waals surface area contributed by atoms with Crippen LogP contribution in [0.3, 0.4) is 0 Å². The van der Waals surface area contributed by atoms with Gasteiger partial charge in [-0.2, -0.15) is 0 Å². The molecule has 0 saturated carbocycles. The van der Waals surface area contributed by atoms with Crippen LogP contribution in [-0.2, 0) is 0 Å². The van der Waals surface area contributed by atoms with Crippen LogP contribution in [0.2, 0.25) is 0 Å². The first-order valence-electron chi connectivity index (χ1n) is 7.22. The van der Waals surface area contributed by atoms with Crippen molar-refractivity contribution in [3.63, 3.8) is 0 Å². The first-order chi connectivity index (χ1) is 11.2. The van der Waals surface area contributed by atoms with Crippen LogP contribution in [0.5, 0.6) is 0 Å². The maximum Gasteiger partial charge on any atom is 0.139 e. The molecule has 0 saturated heterocycles. The van der Waals surface area contributed by atoms with Gasteiger partial charge in [-0.1, -0.05) is 58.4 Å². The third kappa shape index (κ3) is 2.73. The first-order valence-corrected chi connectivity index (χ1v) is 8.80. The number of fused-ring (bicyclic) bond motifs is 3. The number of para-hydroxylation sites is 1. The minimum absolute atomic E-state index is 0.859. The summed E-state index contributed by atoms with van der Waals surface area (Å²) in [5.74, 6) is 0.859. The Bertz CT molecular complexity index is 1030. The minimum atomic E-state index is 0.859. The van der Waals surface area contributed by atoms with Gasteiger partial charge >= 0.3 is 0 Å². The Morgan fingerprint density at radius 1 is 0.739 bits per heavy atom. The van der Waals surface area contributed by atoms with Crippen LogP contribution in [0.15, 0.2) is 75.7 Å². The Morgan fingerprint density at radius 2 is 1.43 bits per heavy atom. The molecule has 23 heavy (non-hydrogen) atoms. The molecule has 0 aliphatic carbocycles. The Hall–Kier alpha value is -1.91. The van der Waals surface area contributed by atoms with E-state index in [0.717, 1.165) is 31.4 Å². The van der Waals surface area contributed by atoms with Gasteiger partial charge in [-0.25, -0.2) is 4.98 Å². The maximum absolute atomic E-state index is 4.82. The van der Waals surface area contributed by atoms with Crippen LogP contribution < -0.4 is 5.32 Å². The number of nitrogens with zero attached hydrogens (tertiary/aromatic N) is 1. The van der Waals surface area contributed by atoms with E-state index in [2.05, 4.69) is 67.5 Å². The topological polar surface area (TPSA) is 24.9 Å². The lowest BCUT2D eigenvalue weighted by Gasteiger charge is -2.13. The predicted octanol–water partition coefficient (Wildman–Crippen LogP) is 6.66. The summed E-state index contributed by atoms with van der Waals surface area (Å²) in [6.45, 7) is 0. The lowest BCUT2D eigenvalue weighted by Crippen LogP contribution is -1.97. The number of hydrogen-bond acceptors (Lipinski definition) is 2. The highest BCUT2D eigenvalue weighted by Crippen LogP contribution is 2.33. The molecule has 0 spiro atoms. The van der Waals surface area contributed by atoms with Gasteiger partial charge in [-0.05, 0) is 45.6 Å². The number of aromatic nitrogens is 1. The van der Waals surface area contributed by atoms with Crippen molar-refractivity contribution in [2.45, 2.75) is 0 Å². The predicted molar refractivity (Wildman–Crippen MR) is 104 cm³/mol. The fourth-order valence-corrected chi connectivity index (χ4v) is 3.43. The molecule has 112 valence electrons. The summed E-state index contributed by atoms with van der Waals surface area (Å²) in [4.78, 5) is 4.82. The SMILES string of the molecule is Brc1ccc(Br)c(Nc2nc3ccccc3c3ccccc23)c1. The monoisotopic (exact) mass is 426 g/mol. The van der Waals surface area contributed by atoms with Gasteiger partial charge in [0.15, 0.2) is 0 Å². The van der Waals surface area contributed by atoms with E-state index in [9.17, 15) is 0 Å². The average Bonchev–Trinajstić information content (AvgIpc) is 2.58. The second-order valence-corrected chi connectivity index (χ2v) is 7.04. The summed E-state index contributed by atoms with van der Waals surface area (Å²) in [5.41, 5.74) is 1.96. The molecule has 2 nitrogen and oxygen atoms in total. The van der Waals surface area contributed by atoms with Crippen molar-refractivity contribution in [1.29, 1.82) is 0 Å². The van der Waals surface area contributed by atoms with E-state index in [1.165, 1.54) is 10.8 Å². The number of rotatable bonds is 2. The summed E-state index contributed by atoms with van der Waals surface area (Å²) in [7, 11) is 0. The maximum atomic E-state index is 4.82. The molecule has 0 atom stereocenters. The molecule has 1 aromatic heterocycles. The fourth-order valence-electron chi connectivity index (χ4n) is 2.72. The third-order valence-corrected chi connectivity index (χ3v) is 4.97. The van der Waals surface area contributed by atoms with Crippen LogP contribution in [0.4, 0.5) is 11.5 Å². The van der Waals surface area contributed by atoms with Crippen LogP contribution in [0.1, 0.15) is 0 Å². The van der Waals surface area contributed by atoms with E-state index in [1.54, 1.807) is 0 Å². The van der Waals surface area contributed by atoms with Crippen molar-refractivity contribution < 1.29 is 0 Å². The van der Waals surface area contributed by atoms with E-state index in [-0.39, 0.29) is 0 Å². The molecule has 0 bridgehead atoms. The molecular formula is C19H12Br2N2. The number of anilines is 2. The molecule has 3 aromatic carbocycles. The molecular weight excluding hydrogens is 416 g/mol. The highest BCUT2D eigenvalue weighted by atomic mass is 79.9. The van der Waals surface area contributed by atoms with Gasteiger partial charge in [0.05, 0.1) is 11.2 Å². The normalized spacial score (nSPS) is 11.0. The van der Waals surface area contributed by atoms with E-state index >= 15 is 0 Å². The Balaban J connectivity index is 1.96. The zero-order chi connectivity index (χ0) is 15.8. The highest BCUT2D eigenvalue weighted by molar-refractivity contribution is 9.11.